The molecule has 1 heterocycles. The first-order valence-electron chi connectivity index (χ1n) is 11.4. The molecule has 0 aliphatic rings. The van der Waals surface area contributed by atoms with Crippen LogP contribution < -0.4 is 9.64 Å². The first-order chi connectivity index (χ1) is 17.0. The summed E-state index contributed by atoms with van der Waals surface area (Å²) in [7, 11) is 2.05. The van der Waals surface area contributed by atoms with Crippen LogP contribution in [0.5, 0.6) is 5.75 Å². The molecule has 1 aromatic heterocycles. The molecule has 0 unspecified atom stereocenters. The van der Waals surface area contributed by atoms with Gasteiger partial charge in [0.2, 0.25) is 0 Å². The molecule has 2 aromatic carbocycles. The molecule has 0 atom stereocenters. The smallest absolute Gasteiger partial charge is 0.335 e. The van der Waals surface area contributed by atoms with Crippen molar-refractivity contribution in [3.05, 3.63) is 74.2 Å². The molecular formula is C28H38N2O5S. The lowest BCUT2D eigenvalue weighted by Crippen LogP contribution is -2.17. The number of rotatable bonds is 6. The minimum absolute atomic E-state index is 0.300. The van der Waals surface area contributed by atoms with Gasteiger partial charge in [-0.25, -0.2) is 9.78 Å². The maximum absolute atomic E-state index is 11.0. The second-order valence-corrected chi connectivity index (χ2v) is 8.96. The molecule has 0 saturated heterocycles. The van der Waals surface area contributed by atoms with Crippen molar-refractivity contribution in [2.45, 2.75) is 55.1 Å². The van der Waals surface area contributed by atoms with Crippen molar-refractivity contribution >= 4 is 36.1 Å². The van der Waals surface area contributed by atoms with Crippen LogP contribution in [0.15, 0.2) is 35.7 Å². The van der Waals surface area contributed by atoms with E-state index in [0.717, 1.165) is 46.1 Å². The number of carbonyl (C=O) groups excluding carboxylic acids is 2. The highest BCUT2D eigenvalue weighted by molar-refractivity contribution is 7.09. The Labute approximate surface area is 218 Å². The zero-order chi connectivity index (χ0) is 27.8. The Hall–Kier alpha value is -3.52. The number of nitrogens with zero attached hydrogens (tertiary/aromatic N) is 2. The summed E-state index contributed by atoms with van der Waals surface area (Å²) in [6.45, 7) is 17.0. The second-order valence-electron chi connectivity index (χ2n) is 7.90. The third-order valence-corrected chi connectivity index (χ3v) is 6.06. The lowest BCUT2D eigenvalue weighted by Gasteiger charge is -2.22. The fraction of sp³-hybridized carbons (Fsp3) is 0.357. The fourth-order valence-electron chi connectivity index (χ4n) is 2.98. The summed E-state index contributed by atoms with van der Waals surface area (Å²) in [4.78, 5) is 34.1. The van der Waals surface area contributed by atoms with E-state index in [9.17, 15) is 4.79 Å². The number of benzene rings is 2. The number of aldehydes is 1. The number of anilines is 1. The van der Waals surface area contributed by atoms with Gasteiger partial charge in [0.05, 0.1) is 16.3 Å². The SMILES string of the molecule is C=O.CC=O.CCN(C)c1cc(C)c(C)cc1OCc1ccc(C(=O)O)cc1C.Cc1csc(C)n1. The summed E-state index contributed by atoms with van der Waals surface area (Å²) >= 11 is 1.69. The molecule has 0 amide bonds. The molecule has 196 valence electrons. The van der Waals surface area contributed by atoms with E-state index in [0.29, 0.717) is 12.2 Å². The normalized spacial score (nSPS) is 9.33. The van der Waals surface area contributed by atoms with Crippen molar-refractivity contribution in [3.8, 4) is 5.75 Å². The van der Waals surface area contributed by atoms with Crippen LogP contribution in [-0.4, -0.2) is 42.7 Å². The zero-order valence-corrected chi connectivity index (χ0v) is 23.4. The molecule has 0 fully saturated rings. The van der Waals surface area contributed by atoms with Crippen molar-refractivity contribution < 1.29 is 24.2 Å². The van der Waals surface area contributed by atoms with E-state index >= 15 is 0 Å². The van der Waals surface area contributed by atoms with E-state index < -0.39 is 5.97 Å². The summed E-state index contributed by atoms with van der Waals surface area (Å²) in [6, 6.07) is 9.34. The highest BCUT2D eigenvalue weighted by atomic mass is 32.1. The highest BCUT2D eigenvalue weighted by Crippen LogP contribution is 2.31. The van der Waals surface area contributed by atoms with E-state index in [1.807, 2.05) is 40.7 Å². The van der Waals surface area contributed by atoms with Gasteiger partial charge in [-0.2, -0.15) is 0 Å². The molecule has 8 heteroatoms. The quantitative estimate of drug-likeness (QED) is 0.396. The first kappa shape index (κ1) is 32.5. The summed E-state index contributed by atoms with van der Waals surface area (Å²) in [5.74, 6) is -0.0595. The fourth-order valence-corrected chi connectivity index (χ4v) is 3.57. The van der Waals surface area contributed by atoms with Crippen LogP contribution >= 0.6 is 11.3 Å². The number of hydrogen-bond donors (Lipinski definition) is 1. The van der Waals surface area contributed by atoms with Crippen LogP contribution in [0.4, 0.5) is 5.69 Å². The van der Waals surface area contributed by atoms with Crippen LogP contribution in [0.25, 0.3) is 0 Å². The summed E-state index contributed by atoms with van der Waals surface area (Å²) in [5.41, 5.74) is 6.83. The third kappa shape index (κ3) is 10.8. The van der Waals surface area contributed by atoms with Crippen molar-refractivity contribution in [1.29, 1.82) is 0 Å². The average Bonchev–Trinajstić information content (AvgIpc) is 3.24. The van der Waals surface area contributed by atoms with Crippen molar-refractivity contribution in [3.63, 3.8) is 0 Å². The van der Waals surface area contributed by atoms with Crippen LogP contribution in [0, 0.1) is 34.6 Å². The monoisotopic (exact) mass is 514 g/mol. The van der Waals surface area contributed by atoms with E-state index in [2.05, 4.69) is 48.2 Å². The molecule has 1 N–H and O–H groups in total. The third-order valence-electron chi connectivity index (χ3n) is 5.17. The molecule has 36 heavy (non-hydrogen) atoms. The predicted octanol–water partition coefficient (Wildman–Crippen LogP) is 6.13. The Balaban J connectivity index is 0.000000845. The number of carbonyl (C=O) groups is 3. The topological polar surface area (TPSA) is 96.8 Å². The van der Waals surface area contributed by atoms with Gasteiger partial charge in [0.1, 0.15) is 25.4 Å². The number of carboxylic acids is 1. The second kappa shape index (κ2) is 17.0. The standard InChI is InChI=1S/C20H25NO3.C5H7NS.C2H4O.CH2O/c1-6-21(5)18-10-13(2)14(3)11-19(18)24-12-17-8-7-16(20(22)23)9-15(17)4;1-4-3-7-5(2)6-4;1-2-3;1-2/h7-11H,6,12H2,1-5H3,(H,22,23);3H,1-2H3;2H,1H3;1H2. The maximum atomic E-state index is 11.0. The average molecular weight is 515 g/mol. The van der Waals surface area contributed by atoms with Gasteiger partial charge in [0, 0.05) is 24.7 Å². The van der Waals surface area contributed by atoms with Gasteiger partial charge in [-0.1, -0.05) is 6.07 Å². The Morgan fingerprint density at radius 1 is 1.08 bits per heavy atom. The molecule has 3 aromatic rings. The molecule has 0 radical (unpaired) electrons. The molecule has 7 nitrogen and oxygen atoms in total. The van der Waals surface area contributed by atoms with Gasteiger partial charge in [-0.3, -0.25) is 0 Å². The van der Waals surface area contributed by atoms with Gasteiger partial charge in [0.25, 0.3) is 0 Å². The summed E-state index contributed by atoms with van der Waals surface area (Å²) in [5, 5.41) is 12.3. The largest absolute Gasteiger partial charge is 0.487 e. The Morgan fingerprint density at radius 2 is 1.67 bits per heavy atom. The van der Waals surface area contributed by atoms with Crippen LogP contribution in [0.1, 0.15) is 57.2 Å². The number of aryl methyl sites for hydroxylation is 5. The zero-order valence-electron chi connectivity index (χ0n) is 22.5. The van der Waals surface area contributed by atoms with E-state index in [1.165, 1.54) is 18.1 Å². The first-order valence-corrected chi connectivity index (χ1v) is 12.3. The van der Waals surface area contributed by atoms with Crippen molar-refractivity contribution in [1.82, 2.24) is 4.98 Å². The highest BCUT2D eigenvalue weighted by Gasteiger charge is 2.12. The van der Waals surface area contributed by atoms with Gasteiger partial charge >= 0.3 is 5.97 Å². The molecule has 0 bridgehead atoms. The number of carboxylic acid groups (broad SMARTS) is 1. The van der Waals surface area contributed by atoms with E-state index in [1.54, 1.807) is 23.5 Å². The van der Waals surface area contributed by atoms with E-state index in [4.69, 9.17) is 19.4 Å². The van der Waals surface area contributed by atoms with Gasteiger partial charge in [-0.15, -0.1) is 11.3 Å². The summed E-state index contributed by atoms with van der Waals surface area (Å²) < 4.78 is 6.07. The number of aromatic carboxylic acids is 1. The number of aromatic nitrogens is 1. The molecular weight excluding hydrogens is 476 g/mol. The minimum Gasteiger partial charge on any atom is -0.487 e. The maximum Gasteiger partial charge on any atom is 0.335 e. The molecule has 0 spiro atoms. The summed E-state index contributed by atoms with van der Waals surface area (Å²) in [6.07, 6.45) is 0.750. The Morgan fingerprint density at radius 3 is 2.08 bits per heavy atom. The molecule has 3 rings (SSSR count). The van der Waals surface area contributed by atoms with Crippen molar-refractivity contribution in [2.24, 2.45) is 0 Å². The van der Waals surface area contributed by atoms with Crippen molar-refractivity contribution in [2.75, 3.05) is 18.5 Å². The minimum atomic E-state index is -0.911. The predicted molar refractivity (Wildman–Crippen MR) is 148 cm³/mol. The van der Waals surface area contributed by atoms with Gasteiger partial charge in [-0.05, 0) is 95.0 Å². The van der Waals surface area contributed by atoms with E-state index in [-0.39, 0.29) is 0 Å². The molecule has 0 aliphatic carbocycles. The number of thiazole rings is 1. The molecule has 0 saturated carbocycles. The van der Waals surface area contributed by atoms with Gasteiger partial charge in [0.15, 0.2) is 0 Å². The molecule has 0 aliphatic heterocycles. The van der Waals surface area contributed by atoms with Crippen LogP contribution in [0.3, 0.4) is 0 Å². The van der Waals surface area contributed by atoms with Crippen LogP contribution in [0.2, 0.25) is 0 Å². The lowest BCUT2D eigenvalue weighted by atomic mass is 10.1. The van der Waals surface area contributed by atoms with Gasteiger partial charge < -0.3 is 24.3 Å². The Kier molecular flexibility index (Phi) is 15.3. The number of hydrogen-bond acceptors (Lipinski definition) is 7. The number of ether oxygens (including phenoxy) is 1. The lowest BCUT2D eigenvalue weighted by molar-refractivity contribution is -0.106. The Bertz CT molecular complexity index is 1090. The van der Waals surface area contributed by atoms with Crippen LogP contribution in [-0.2, 0) is 16.2 Å².